The van der Waals surface area contributed by atoms with E-state index in [4.69, 9.17) is 0 Å². The van der Waals surface area contributed by atoms with Crippen LogP contribution >= 0.6 is 27.3 Å². The number of likely N-dealkylation sites (N-methyl/N-ethyl adjacent to an activating group) is 1. The first-order chi connectivity index (χ1) is 7.40. The van der Waals surface area contributed by atoms with Gasteiger partial charge in [0.25, 0.3) is 5.91 Å². The highest BCUT2D eigenvalue weighted by atomic mass is 79.9. The Bertz CT molecular complexity index is 357. The third-order valence-electron chi connectivity index (χ3n) is 2.10. The summed E-state index contributed by atoms with van der Waals surface area (Å²) in [6.45, 7) is 4.84. The Morgan fingerprint density at radius 3 is 2.69 bits per heavy atom. The molecule has 0 aliphatic rings. The SMILES string of the molecule is Cc1cc(C(=O)NC(C)CN(C)C)sc1Br. The van der Waals surface area contributed by atoms with Gasteiger partial charge in [-0.05, 0) is 55.5 Å². The summed E-state index contributed by atoms with van der Waals surface area (Å²) >= 11 is 4.90. The number of thiophene rings is 1. The van der Waals surface area contributed by atoms with E-state index in [1.54, 1.807) is 0 Å². The van der Waals surface area contributed by atoms with Gasteiger partial charge in [-0.2, -0.15) is 0 Å². The van der Waals surface area contributed by atoms with Gasteiger partial charge < -0.3 is 10.2 Å². The molecule has 1 aromatic heterocycles. The molecule has 0 aliphatic heterocycles. The summed E-state index contributed by atoms with van der Waals surface area (Å²) in [6.07, 6.45) is 0. The predicted molar refractivity (Wildman–Crippen MR) is 72.2 cm³/mol. The normalized spacial score (nSPS) is 12.9. The van der Waals surface area contributed by atoms with Gasteiger partial charge in [-0.3, -0.25) is 4.79 Å². The summed E-state index contributed by atoms with van der Waals surface area (Å²) < 4.78 is 1.03. The molecule has 0 saturated carbocycles. The van der Waals surface area contributed by atoms with Gasteiger partial charge >= 0.3 is 0 Å². The van der Waals surface area contributed by atoms with Gasteiger partial charge in [0.05, 0.1) is 8.66 Å². The second-order valence-electron chi connectivity index (χ2n) is 4.20. The molecular formula is C11H17BrN2OS. The fourth-order valence-corrected chi connectivity index (χ4v) is 2.90. The Morgan fingerprint density at radius 1 is 1.62 bits per heavy atom. The molecule has 1 heterocycles. The van der Waals surface area contributed by atoms with Crippen molar-refractivity contribution in [1.29, 1.82) is 0 Å². The third kappa shape index (κ3) is 3.88. The quantitative estimate of drug-likeness (QED) is 0.927. The number of nitrogens with zero attached hydrogens (tertiary/aromatic N) is 1. The summed E-state index contributed by atoms with van der Waals surface area (Å²) in [5.74, 6) is 0.00755. The lowest BCUT2D eigenvalue weighted by Crippen LogP contribution is -2.39. The van der Waals surface area contributed by atoms with Crippen LogP contribution in [0.1, 0.15) is 22.2 Å². The number of amides is 1. The Balaban J connectivity index is 2.58. The van der Waals surface area contributed by atoms with Gasteiger partial charge in [-0.15, -0.1) is 11.3 Å². The van der Waals surface area contributed by atoms with E-state index < -0.39 is 0 Å². The molecule has 16 heavy (non-hydrogen) atoms. The molecule has 0 radical (unpaired) electrons. The number of hydrogen-bond acceptors (Lipinski definition) is 3. The second-order valence-corrected chi connectivity index (χ2v) is 6.57. The van der Waals surface area contributed by atoms with Crippen molar-refractivity contribution in [2.75, 3.05) is 20.6 Å². The largest absolute Gasteiger partial charge is 0.348 e. The number of carbonyl (C=O) groups excluding carboxylic acids is 1. The minimum Gasteiger partial charge on any atom is -0.348 e. The topological polar surface area (TPSA) is 32.3 Å². The van der Waals surface area contributed by atoms with Crippen LogP contribution in [0.4, 0.5) is 0 Å². The van der Waals surface area contributed by atoms with Crippen molar-refractivity contribution >= 4 is 33.2 Å². The van der Waals surface area contributed by atoms with Gasteiger partial charge in [0, 0.05) is 12.6 Å². The number of hydrogen-bond donors (Lipinski definition) is 1. The summed E-state index contributed by atoms with van der Waals surface area (Å²) in [5, 5.41) is 2.98. The molecule has 0 spiro atoms. The summed E-state index contributed by atoms with van der Waals surface area (Å²) in [6, 6.07) is 2.07. The maximum atomic E-state index is 11.9. The molecule has 90 valence electrons. The van der Waals surface area contributed by atoms with Crippen molar-refractivity contribution in [1.82, 2.24) is 10.2 Å². The smallest absolute Gasteiger partial charge is 0.261 e. The minimum absolute atomic E-state index is 0.00755. The van der Waals surface area contributed by atoms with Gasteiger partial charge in [0.15, 0.2) is 0 Å². The first-order valence-corrected chi connectivity index (χ1v) is 6.72. The van der Waals surface area contributed by atoms with Gasteiger partial charge in [0.2, 0.25) is 0 Å². The Labute approximate surface area is 109 Å². The zero-order chi connectivity index (χ0) is 12.3. The van der Waals surface area contributed by atoms with Crippen LogP contribution in [-0.4, -0.2) is 37.5 Å². The Hall–Kier alpha value is -0.390. The number of carbonyl (C=O) groups is 1. The standard InChI is InChI=1S/C11H17BrN2OS/c1-7-5-9(16-10(7)12)11(15)13-8(2)6-14(3)4/h5,8H,6H2,1-4H3,(H,13,15). The van der Waals surface area contributed by atoms with Crippen molar-refractivity contribution in [2.24, 2.45) is 0 Å². The van der Waals surface area contributed by atoms with Crippen molar-refractivity contribution < 1.29 is 4.79 Å². The fraction of sp³-hybridized carbons (Fsp3) is 0.545. The van der Waals surface area contributed by atoms with E-state index in [0.29, 0.717) is 0 Å². The zero-order valence-corrected chi connectivity index (χ0v) is 12.4. The molecule has 0 aromatic carbocycles. The third-order valence-corrected chi connectivity index (χ3v) is 4.23. The van der Waals surface area contributed by atoms with Gasteiger partial charge in [-0.1, -0.05) is 0 Å². The van der Waals surface area contributed by atoms with Crippen molar-refractivity contribution in [3.63, 3.8) is 0 Å². The second kappa shape index (κ2) is 5.80. The van der Waals surface area contributed by atoms with Crippen LogP contribution in [0.2, 0.25) is 0 Å². The first kappa shape index (κ1) is 13.7. The average molecular weight is 305 g/mol. The lowest BCUT2D eigenvalue weighted by atomic mass is 10.3. The fourth-order valence-electron chi connectivity index (χ4n) is 1.46. The van der Waals surface area contributed by atoms with E-state index in [1.807, 2.05) is 34.0 Å². The molecule has 0 aliphatic carbocycles. The van der Waals surface area contributed by atoms with Crippen LogP contribution in [0.5, 0.6) is 0 Å². The Morgan fingerprint density at radius 2 is 2.25 bits per heavy atom. The van der Waals surface area contributed by atoms with Gasteiger partial charge in [-0.25, -0.2) is 0 Å². The monoisotopic (exact) mass is 304 g/mol. The molecule has 3 nitrogen and oxygen atoms in total. The van der Waals surface area contributed by atoms with Crippen LogP contribution < -0.4 is 5.32 Å². The van der Waals surface area contributed by atoms with E-state index in [2.05, 4.69) is 26.1 Å². The zero-order valence-electron chi connectivity index (χ0n) is 10.0. The molecular weight excluding hydrogens is 288 g/mol. The minimum atomic E-state index is 0.00755. The van der Waals surface area contributed by atoms with Crippen LogP contribution in [0.3, 0.4) is 0 Å². The average Bonchev–Trinajstić information content (AvgIpc) is 2.45. The summed E-state index contributed by atoms with van der Waals surface area (Å²) in [7, 11) is 3.99. The van der Waals surface area contributed by atoms with Crippen molar-refractivity contribution in [2.45, 2.75) is 19.9 Å². The number of aryl methyl sites for hydroxylation is 1. The van der Waals surface area contributed by atoms with Gasteiger partial charge in [0.1, 0.15) is 0 Å². The highest BCUT2D eigenvalue weighted by Gasteiger charge is 2.13. The predicted octanol–water partition coefficient (Wildman–Crippen LogP) is 2.50. The van der Waals surface area contributed by atoms with E-state index in [0.717, 1.165) is 20.8 Å². The number of nitrogens with one attached hydrogen (secondary N) is 1. The molecule has 0 saturated heterocycles. The maximum Gasteiger partial charge on any atom is 0.261 e. The molecule has 1 rings (SSSR count). The van der Waals surface area contributed by atoms with Crippen LogP contribution in [0, 0.1) is 6.92 Å². The van der Waals surface area contributed by atoms with Crippen LogP contribution in [0.15, 0.2) is 9.85 Å². The molecule has 1 N–H and O–H groups in total. The lowest BCUT2D eigenvalue weighted by Gasteiger charge is -2.17. The lowest BCUT2D eigenvalue weighted by molar-refractivity contribution is 0.0938. The van der Waals surface area contributed by atoms with E-state index in [-0.39, 0.29) is 11.9 Å². The van der Waals surface area contributed by atoms with Crippen molar-refractivity contribution in [3.8, 4) is 0 Å². The molecule has 1 aromatic rings. The van der Waals surface area contributed by atoms with E-state index in [9.17, 15) is 4.79 Å². The molecule has 0 fully saturated rings. The maximum absolute atomic E-state index is 11.9. The van der Waals surface area contributed by atoms with Crippen molar-refractivity contribution in [3.05, 3.63) is 20.3 Å². The van der Waals surface area contributed by atoms with Crippen LogP contribution in [0.25, 0.3) is 0 Å². The van der Waals surface area contributed by atoms with E-state index >= 15 is 0 Å². The summed E-state index contributed by atoms with van der Waals surface area (Å²) in [5.41, 5.74) is 1.11. The molecule has 1 atom stereocenters. The number of halogens is 1. The Kier molecular flexibility index (Phi) is 4.95. The summed E-state index contributed by atoms with van der Waals surface area (Å²) in [4.78, 5) is 14.7. The molecule has 5 heteroatoms. The molecule has 1 unspecified atom stereocenters. The molecule has 1 amide bonds. The van der Waals surface area contributed by atoms with E-state index in [1.165, 1.54) is 11.3 Å². The highest BCUT2D eigenvalue weighted by Crippen LogP contribution is 2.27. The van der Waals surface area contributed by atoms with Crippen LogP contribution in [-0.2, 0) is 0 Å². The molecule has 0 bridgehead atoms. The number of rotatable bonds is 4. The highest BCUT2D eigenvalue weighted by molar-refractivity contribution is 9.11. The first-order valence-electron chi connectivity index (χ1n) is 5.11.